The van der Waals surface area contributed by atoms with E-state index < -0.39 is 17.9 Å². The standard InChI is InChI=1S/C14H9ClF4N4/c15-13-21-7-11(16)12(23-13)22-9-4-3-8(2-1-5-20)10(6-9)14(17,18)19/h2-4,6-7,10H,1H2,(H,21,22,23). The summed E-state index contributed by atoms with van der Waals surface area (Å²) in [7, 11) is 0. The van der Waals surface area contributed by atoms with Gasteiger partial charge in [-0.2, -0.15) is 23.4 Å². The summed E-state index contributed by atoms with van der Waals surface area (Å²) < 4.78 is 52.9. The highest BCUT2D eigenvalue weighted by Gasteiger charge is 2.41. The summed E-state index contributed by atoms with van der Waals surface area (Å²) in [4.78, 5) is 6.99. The topological polar surface area (TPSA) is 61.6 Å². The van der Waals surface area contributed by atoms with Crippen LogP contribution in [0.2, 0.25) is 5.28 Å². The average Bonchev–Trinajstić information content (AvgIpc) is 2.48. The Morgan fingerprint density at radius 2 is 2.13 bits per heavy atom. The van der Waals surface area contributed by atoms with Gasteiger partial charge in [0.1, 0.15) is 0 Å². The smallest absolute Gasteiger partial charge is 0.338 e. The molecule has 23 heavy (non-hydrogen) atoms. The van der Waals surface area contributed by atoms with Crippen LogP contribution in [0.25, 0.3) is 0 Å². The van der Waals surface area contributed by atoms with Crippen LogP contribution in [0.5, 0.6) is 0 Å². The van der Waals surface area contributed by atoms with Crippen LogP contribution in [0.1, 0.15) is 6.42 Å². The Balaban J connectivity index is 2.30. The summed E-state index contributed by atoms with van der Waals surface area (Å²) in [5, 5.41) is 10.7. The molecule has 0 aliphatic heterocycles. The number of alkyl halides is 3. The molecule has 4 nitrogen and oxygen atoms in total. The minimum atomic E-state index is -4.54. The summed E-state index contributed by atoms with van der Waals surface area (Å²) >= 11 is 5.53. The fourth-order valence-electron chi connectivity index (χ4n) is 1.92. The van der Waals surface area contributed by atoms with E-state index in [1.165, 1.54) is 18.2 Å². The van der Waals surface area contributed by atoms with E-state index in [-0.39, 0.29) is 28.8 Å². The van der Waals surface area contributed by atoms with Crippen molar-refractivity contribution in [2.75, 3.05) is 5.32 Å². The monoisotopic (exact) mass is 344 g/mol. The second-order valence-electron chi connectivity index (χ2n) is 4.50. The van der Waals surface area contributed by atoms with E-state index in [1.807, 2.05) is 0 Å². The lowest BCUT2D eigenvalue weighted by atomic mass is 9.91. The highest BCUT2D eigenvalue weighted by molar-refractivity contribution is 6.28. The van der Waals surface area contributed by atoms with Gasteiger partial charge in [-0.1, -0.05) is 12.2 Å². The molecule has 1 N–H and O–H groups in total. The lowest BCUT2D eigenvalue weighted by molar-refractivity contribution is -0.151. The number of aromatic nitrogens is 2. The minimum Gasteiger partial charge on any atom is -0.338 e. The SMILES string of the molecule is N#CCC=C1C=CC(Nc2nc(Cl)ncc2F)=CC1C(F)(F)F. The molecule has 0 saturated carbocycles. The van der Waals surface area contributed by atoms with E-state index in [2.05, 4.69) is 15.3 Å². The minimum absolute atomic E-state index is 0.00935. The summed E-state index contributed by atoms with van der Waals surface area (Å²) in [5.74, 6) is -3.08. The zero-order chi connectivity index (χ0) is 17.0. The van der Waals surface area contributed by atoms with Gasteiger partial charge in [-0.3, -0.25) is 0 Å². The van der Waals surface area contributed by atoms with Crippen molar-refractivity contribution in [3.8, 4) is 6.07 Å². The lowest BCUT2D eigenvalue weighted by Crippen LogP contribution is -2.25. The second kappa shape index (κ2) is 6.79. The molecule has 0 fully saturated rings. The second-order valence-corrected chi connectivity index (χ2v) is 4.84. The zero-order valence-electron chi connectivity index (χ0n) is 11.4. The third-order valence-corrected chi connectivity index (χ3v) is 3.10. The van der Waals surface area contributed by atoms with Crippen molar-refractivity contribution < 1.29 is 17.6 Å². The molecule has 0 aromatic carbocycles. The van der Waals surface area contributed by atoms with Gasteiger partial charge in [0.15, 0.2) is 11.6 Å². The quantitative estimate of drug-likeness (QED) is 0.661. The van der Waals surface area contributed by atoms with Crippen molar-refractivity contribution in [2.24, 2.45) is 5.92 Å². The predicted molar refractivity (Wildman–Crippen MR) is 75.7 cm³/mol. The molecule has 0 saturated heterocycles. The number of nitrogens with zero attached hydrogens (tertiary/aromatic N) is 3. The van der Waals surface area contributed by atoms with E-state index in [0.29, 0.717) is 0 Å². The summed E-state index contributed by atoms with van der Waals surface area (Å²) in [6.45, 7) is 0. The first kappa shape index (κ1) is 17.0. The number of anilines is 1. The van der Waals surface area contributed by atoms with Gasteiger partial charge >= 0.3 is 6.18 Å². The molecular formula is C14H9ClF4N4. The van der Waals surface area contributed by atoms with Crippen molar-refractivity contribution >= 4 is 17.4 Å². The molecule has 1 aromatic rings. The molecule has 1 aliphatic carbocycles. The number of nitriles is 1. The Labute approximate surface area is 133 Å². The summed E-state index contributed by atoms with van der Waals surface area (Å²) in [5.41, 5.74) is -0.0408. The van der Waals surface area contributed by atoms with Gasteiger partial charge in [0.25, 0.3) is 0 Å². The molecule has 1 atom stereocenters. The molecule has 1 heterocycles. The number of allylic oxidation sites excluding steroid dienone is 5. The van der Waals surface area contributed by atoms with E-state index >= 15 is 0 Å². The van der Waals surface area contributed by atoms with Crippen molar-refractivity contribution in [1.82, 2.24) is 9.97 Å². The number of nitrogens with one attached hydrogen (secondary N) is 1. The van der Waals surface area contributed by atoms with Crippen LogP contribution in [-0.2, 0) is 0 Å². The highest BCUT2D eigenvalue weighted by atomic mass is 35.5. The van der Waals surface area contributed by atoms with Gasteiger partial charge < -0.3 is 5.32 Å². The van der Waals surface area contributed by atoms with Crippen LogP contribution in [0.15, 0.2) is 41.8 Å². The molecule has 1 aromatic heterocycles. The van der Waals surface area contributed by atoms with Crippen LogP contribution in [0.4, 0.5) is 23.4 Å². The molecule has 1 aliphatic rings. The van der Waals surface area contributed by atoms with Gasteiger partial charge in [-0.25, -0.2) is 9.37 Å². The molecule has 2 rings (SSSR count). The van der Waals surface area contributed by atoms with Crippen LogP contribution < -0.4 is 5.32 Å². The van der Waals surface area contributed by atoms with Crippen molar-refractivity contribution in [1.29, 1.82) is 5.26 Å². The molecule has 0 amide bonds. The highest BCUT2D eigenvalue weighted by Crippen LogP contribution is 2.37. The van der Waals surface area contributed by atoms with Gasteiger partial charge in [-0.15, -0.1) is 0 Å². The molecular weight excluding hydrogens is 336 g/mol. The van der Waals surface area contributed by atoms with E-state index in [9.17, 15) is 17.6 Å². The predicted octanol–water partition coefficient (Wildman–Crippen LogP) is 4.15. The summed E-state index contributed by atoms with van der Waals surface area (Å²) in [6, 6.07) is 1.76. The number of hydrogen-bond acceptors (Lipinski definition) is 4. The third kappa shape index (κ3) is 4.29. The van der Waals surface area contributed by atoms with E-state index in [4.69, 9.17) is 16.9 Å². The van der Waals surface area contributed by atoms with Crippen molar-refractivity contribution in [2.45, 2.75) is 12.6 Å². The van der Waals surface area contributed by atoms with Crippen molar-refractivity contribution in [3.05, 3.63) is 52.9 Å². The van der Waals surface area contributed by atoms with Crippen LogP contribution >= 0.6 is 11.6 Å². The Morgan fingerprint density at radius 1 is 1.39 bits per heavy atom. The van der Waals surface area contributed by atoms with Gasteiger partial charge in [0.05, 0.1) is 24.6 Å². The molecule has 120 valence electrons. The zero-order valence-corrected chi connectivity index (χ0v) is 12.2. The Morgan fingerprint density at radius 3 is 2.78 bits per heavy atom. The summed E-state index contributed by atoms with van der Waals surface area (Å²) in [6.07, 6.45) is 0.770. The largest absolute Gasteiger partial charge is 0.399 e. The van der Waals surface area contributed by atoms with Gasteiger partial charge in [-0.05, 0) is 29.3 Å². The maximum atomic E-state index is 13.5. The van der Waals surface area contributed by atoms with Crippen molar-refractivity contribution in [3.63, 3.8) is 0 Å². The van der Waals surface area contributed by atoms with Crippen LogP contribution in [0.3, 0.4) is 0 Å². The van der Waals surface area contributed by atoms with Crippen LogP contribution in [0, 0.1) is 23.1 Å². The maximum absolute atomic E-state index is 13.5. The number of halogens is 5. The molecule has 0 radical (unpaired) electrons. The number of rotatable bonds is 3. The normalized spacial score (nSPS) is 19.4. The van der Waals surface area contributed by atoms with E-state index in [1.54, 1.807) is 6.07 Å². The fourth-order valence-corrected chi connectivity index (χ4v) is 2.05. The van der Waals surface area contributed by atoms with E-state index in [0.717, 1.165) is 12.3 Å². The van der Waals surface area contributed by atoms with Crippen LogP contribution in [-0.4, -0.2) is 16.1 Å². The number of hydrogen-bond donors (Lipinski definition) is 1. The Bertz CT molecular complexity index is 731. The first-order chi connectivity index (χ1) is 10.8. The molecule has 9 heteroatoms. The molecule has 1 unspecified atom stereocenters. The Hall–Kier alpha value is -2.40. The van der Waals surface area contributed by atoms with Gasteiger partial charge in [0, 0.05) is 5.70 Å². The fraction of sp³-hybridized carbons (Fsp3) is 0.214. The third-order valence-electron chi connectivity index (χ3n) is 2.92. The average molecular weight is 345 g/mol. The lowest BCUT2D eigenvalue weighted by Gasteiger charge is -2.23. The first-order valence-electron chi connectivity index (χ1n) is 6.30. The maximum Gasteiger partial charge on any atom is 0.399 e. The molecule has 0 spiro atoms. The Kier molecular flexibility index (Phi) is 5.01. The first-order valence-corrected chi connectivity index (χ1v) is 6.67. The van der Waals surface area contributed by atoms with Gasteiger partial charge in [0.2, 0.25) is 5.28 Å². The molecule has 0 bridgehead atoms.